The summed E-state index contributed by atoms with van der Waals surface area (Å²) in [4.78, 5) is 13.5. The van der Waals surface area contributed by atoms with Crippen molar-refractivity contribution in [2.45, 2.75) is 25.9 Å². The van der Waals surface area contributed by atoms with Crippen molar-refractivity contribution in [1.82, 2.24) is 10.2 Å². The van der Waals surface area contributed by atoms with E-state index in [1.807, 2.05) is 13.8 Å². The summed E-state index contributed by atoms with van der Waals surface area (Å²) in [5.74, 6) is -0.144. The maximum atomic E-state index is 11.9. The molecule has 88 valence electrons. The monoisotopic (exact) mass is 234 g/mol. The fourth-order valence-corrected chi connectivity index (χ4v) is 3.13. The lowest BCUT2D eigenvalue weighted by Gasteiger charge is -2.27. The minimum absolute atomic E-state index is 0.0432. The van der Waals surface area contributed by atoms with Crippen LogP contribution in [0.25, 0.3) is 0 Å². The van der Waals surface area contributed by atoms with Crippen molar-refractivity contribution in [3.8, 4) is 0 Å². The van der Waals surface area contributed by atoms with E-state index in [0.29, 0.717) is 6.54 Å². The molecule has 5 nitrogen and oxygen atoms in total. The summed E-state index contributed by atoms with van der Waals surface area (Å²) in [5.41, 5.74) is 0. The van der Waals surface area contributed by atoms with Gasteiger partial charge in [-0.2, -0.15) is 0 Å². The Morgan fingerprint density at radius 2 is 2.07 bits per heavy atom. The molecule has 1 atom stereocenters. The van der Waals surface area contributed by atoms with Gasteiger partial charge in [-0.25, -0.2) is 8.42 Å². The summed E-state index contributed by atoms with van der Waals surface area (Å²) in [5, 5.41) is 2.76. The first-order valence-corrected chi connectivity index (χ1v) is 6.87. The van der Waals surface area contributed by atoms with E-state index in [1.165, 1.54) is 0 Å². The SMILES string of the molecule is CNC1CS(=O)(=O)CCN(C(C)C)C1=O. The molecule has 1 aliphatic heterocycles. The lowest BCUT2D eigenvalue weighted by molar-refractivity contribution is -0.133. The van der Waals surface area contributed by atoms with E-state index in [9.17, 15) is 13.2 Å². The number of nitrogens with one attached hydrogen (secondary N) is 1. The molecule has 1 fully saturated rings. The van der Waals surface area contributed by atoms with Crippen molar-refractivity contribution in [3.05, 3.63) is 0 Å². The van der Waals surface area contributed by atoms with E-state index in [2.05, 4.69) is 5.32 Å². The van der Waals surface area contributed by atoms with Gasteiger partial charge in [0.1, 0.15) is 6.04 Å². The zero-order valence-electron chi connectivity index (χ0n) is 9.36. The first kappa shape index (κ1) is 12.4. The largest absolute Gasteiger partial charge is 0.338 e. The number of hydrogen-bond donors (Lipinski definition) is 1. The van der Waals surface area contributed by atoms with Crippen molar-refractivity contribution in [1.29, 1.82) is 0 Å². The van der Waals surface area contributed by atoms with Gasteiger partial charge >= 0.3 is 0 Å². The van der Waals surface area contributed by atoms with Gasteiger partial charge in [0.15, 0.2) is 9.84 Å². The molecule has 0 aromatic rings. The normalized spacial score (nSPS) is 26.8. The molecule has 1 heterocycles. The lowest BCUT2D eigenvalue weighted by Crippen LogP contribution is -2.48. The molecule has 1 amide bonds. The molecule has 0 spiro atoms. The van der Waals surface area contributed by atoms with Gasteiger partial charge in [-0.05, 0) is 20.9 Å². The van der Waals surface area contributed by atoms with Gasteiger partial charge in [0.2, 0.25) is 5.91 Å². The Balaban J connectivity index is 2.95. The molecule has 0 saturated carbocycles. The molecule has 0 aromatic carbocycles. The zero-order valence-corrected chi connectivity index (χ0v) is 10.2. The Kier molecular flexibility index (Phi) is 3.72. The molecule has 1 unspecified atom stereocenters. The first-order chi connectivity index (χ1) is 6.87. The van der Waals surface area contributed by atoms with E-state index < -0.39 is 15.9 Å². The highest BCUT2D eigenvalue weighted by molar-refractivity contribution is 7.91. The third kappa shape index (κ3) is 2.92. The molecule has 0 radical (unpaired) electrons. The Bertz CT molecular complexity index is 337. The Morgan fingerprint density at radius 3 is 2.53 bits per heavy atom. The van der Waals surface area contributed by atoms with Gasteiger partial charge in [-0.1, -0.05) is 0 Å². The van der Waals surface area contributed by atoms with Gasteiger partial charge in [-0.15, -0.1) is 0 Å². The highest BCUT2D eigenvalue weighted by Crippen LogP contribution is 2.10. The quantitative estimate of drug-likeness (QED) is 0.682. The Hall–Kier alpha value is -0.620. The highest BCUT2D eigenvalue weighted by Gasteiger charge is 2.33. The maximum Gasteiger partial charge on any atom is 0.241 e. The van der Waals surface area contributed by atoms with Crippen molar-refractivity contribution in [3.63, 3.8) is 0 Å². The number of carbonyl (C=O) groups excluding carboxylic acids is 1. The Morgan fingerprint density at radius 1 is 1.47 bits per heavy atom. The fraction of sp³-hybridized carbons (Fsp3) is 0.889. The summed E-state index contributed by atoms with van der Waals surface area (Å²) >= 11 is 0. The molecule has 1 N–H and O–H groups in total. The van der Waals surface area contributed by atoms with E-state index >= 15 is 0 Å². The molecule has 0 bridgehead atoms. The van der Waals surface area contributed by atoms with Crippen LogP contribution in [0.1, 0.15) is 13.8 Å². The molecule has 0 aromatic heterocycles. The second-order valence-electron chi connectivity index (χ2n) is 4.08. The molecule has 1 aliphatic rings. The predicted octanol–water partition coefficient (Wildman–Crippen LogP) is -0.760. The zero-order chi connectivity index (χ0) is 11.6. The molecule has 15 heavy (non-hydrogen) atoms. The van der Waals surface area contributed by atoms with Crippen LogP contribution in [0.4, 0.5) is 0 Å². The summed E-state index contributed by atoms with van der Waals surface area (Å²) in [7, 11) is -1.49. The van der Waals surface area contributed by atoms with Crippen molar-refractivity contribution in [2.24, 2.45) is 0 Å². The number of amides is 1. The van der Waals surface area contributed by atoms with Crippen LogP contribution in [0, 0.1) is 0 Å². The average Bonchev–Trinajstić information content (AvgIpc) is 2.23. The van der Waals surface area contributed by atoms with Crippen molar-refractivity contribution in [2.75, 3.05) is 25.1 Å². The minimum atomic E-state index is -3.10. The molecule has 1 saturated heterocycles. The third-order valence-electron chi connectivity index (χ3n) is 2.62. The Labute approximate surface area is 90.7 Å². The van der Waals surface area contributed by atoms with Crippen LogP contribution in [0.15, 0.2) is 0 Å². The number of likely N-dealkylation sites (N-methyl/N-ethyl adjacent to an activating group) is 1. The van der Waals surface area contributed by atoms with Crippen LogP contribution < -0.4 is 5.32 Å². The minimum Gasteiger partial charge on any atom is -0.338 e. The van der Waals surface area contributed by atoms with Gasteiger partial charge in [-0.3, -0.25) is 4.79 Å². The number of carbonyl (C=O) groups is 1. The van der Waals surface area contributed by atoms with Gasteiger partial charge in [0, 0.05) is 12.6 Å². The first-order valence-electron chi connectivity index (χ1n) is 5.05. The smallest absolute Gasteiger partial charge is 0.241 e. The molecular formula is C9H18N2O3S. The van der Waals surface area contributed by atoms with Crippen molar-refractivity contribution >= 4 is 15.7 Å². The van der Waals surface area contributed by atoms with Crippen LogP contribution in [0.5, 0.6) is 0 Å². The second-order valence-corrected chi connectivity index (χ2v) is 6.31. The third-order valence-corrected chi connectivity index (χ3v) is 4.26. The summed E-state index contributed by atoms with van der Waals surface area (Å²) in [6, 6.07) is -0.554. The molecule has 0 aliphatic carbocycles. The van der Waals surface area contributed by atoms with Gasteiger partial charge in [0.05, 0.1) is 11.5 Å². The summed E-state index contributed by atoms with van der Waals surface area (Å²) in [6.45, 7) is 4.09. The predicted molar refractivity (Wildman–Crippen MR) is 58.4 cm³/mol. The van der Waals surface area contributed by atoms with E-state index in [4.69, 9.17) is 0 Å². The molecule has 1 rings (SSSR count). The van der Waals surface area contributed by atoms with E-state index in [-0.39, 0.29) is 23.5 Å². The number of hydrogen-bond acceptors (Lipinski definition) is 4. The maximum absolute atomic E-state index is 11.9. The van der Waals surface area contributed by atoms with Crippen LogP contribution >= 0.6 is 0 Å². The highest BCUT2D eigenvalue weighted by atomic mass is 32.2. The van der Waals surface area contributed by atoms with Gasteiger partial charge in [0.25, 0.3) is 0 Å². The van der Waals surface area contributed by atoms with Crippen molar-refractivity contribution < 1.29 is 13.2 Å². The molecular weight excluding hydrogens is 216 g/mol. The summed E-state index contributed by atoms with van der Waals surface area (Å²) < 4.78 is 23.1. The lowest BCUT2D eigenvalue weighted by atomic mass is 10.2. The topological polar surface area (TPSA) is 66.5 Å². The number of nitrogens with zero attached hydrogens (tertiary/aromatic N) is 1. The average molecular weight is 234 g/mol. The van der Waals surface area contributed by atoms with Crippen LogP contribution in [0.2, 0.25) is 0 Å². The number of rotatable bonds is 2. The number of sulfone groups is 1. The molecule has 6 heteroatoms. The second kappa shape index (κ2) is 4.49. The van der Waals surface area contributed by atoms with Crippen LogP contribution in [-0.2, 0) is 14.6 Å². The van der Waals surface area contributed by atoms with Crippen LogP contribution in [0.3, 0.4) is 0 Å². The van der Waals surface area contributed by atoms with E-state index in [1.54, 1.807) is 11.9 Å². The van der Waals surface area contributed by atoms with E-state index in [0.717, 1.165) is 0 Å². The standard InChI is InChI=1S/C9H18N2O3S/c1-7(2)11-4-5-15(13,14)6-8(10-3)9(11)12/h7-8,10H,4-6H2,1-3H3. The summed E-state index contributed by atoms with van der Waals surface area (Å²) in [6.07, 6.45) is 0. The fourth-order valence-electron chi connectivity index (χ4n) is 1.68. The van der Waals surface area contributed by atoms with Crippen LogP contribution in [-0.4, -0.2) is 56.4 Å². The van der Waals surface area contributed by atoms with Gasteiger partial charge < -0.3 is 10.2 Å².